The van der Waals surface area contributed by atoms with Crippen molar-refractivity contribution in [3.63, 3.8) is 0 Å². The molecule has 1 aromatic carbocycles. The molecule has 0 saturated heterocycles. The maximum absolute atomic E-state index is 11.8. The van der Waals surface area contributed by atoms with Gasteiger partial charge in [0.15, 0.2) is 0 Å². The van der Waals surface area contributed by atoms with E-state index < -0.39 is 0 Å². The van der Waals surface area contributed by atoms with Crippen molar-refractivity contribution in [3.05, 3.63) is 47.5 Å². The van der Waals surface area contributed by atoms with E-state index in [0.29, 0.717) is 6.61 Å². The molecule has 98 valence electrons. The number of quaternary nitrogens is 1. The minimum absolute atomic E-state index is 0. The predicted octanol–water partition coefficient (Wildman–Crippen LogP) is -2.42. The van der Waals surface area contributed by atoms with Crippen LogP contribution in [-0.2, 0) is 16.1 Å². The Kier molecular flexibility index (Phi) is 6.35. The SMILES string of the molecule is C[NH+]1CCC=C(C(=O)OCc2ccccc2)C1.[I-]. The second-order valence-electron chi connectivity index (χ2n) is 4.46. The lowest BCUT2D eigenvalue weighted by molar-refractivity contribution is -0.875. The number of carbonyl (C=O) groups is 1. The normalized spacial score (nSPS) is 18.5. The Labute approximate surface area is 125 Å². The summed E-state index contributed by atoms with van der Waals surface area (Å²) in [6.07, 6.45) is 2.96. The molecule has 0 aliphatic carbocycles. The standard InChI is InChI=1S/C14H17NO2.HI/c1-15-9-5-8-13(10-15)14(16)17-11-12-6-3-2-4-7-12;/h2-4,6-8H,5,9-11H2,1H3;1H. The van der Waals surface area contributed by atoms with Gasteiger partial charge in [0, 0.05) is 6.42 Å². The number of carbonyl (C=O) groups excluding carboxylic acids is 1. The van der Waals surface area contributed by atoms with Crippen molar-refractivity contribution >= 4 is 5.97 Å². The second kappa shape index (κ2) is 7.53. The topological polar surface area (TPSA) is 30.7 Å². The van der Waals surface area contributed by atoms with Crippen LogP contribution in [0, 0.1) is 0 Å². The monoisotopic (exact) mass is 359 g/mol. The van der Waals surface area contributed by atoms with Crippen molar-refractivity contribution in [2.45, 2.75) is 13.0 Å². The molecule has 0 radical (unpaired) electrons. The van der Waals surface area contributed by atoms with Crippen molar-refractivity contribution in [2.75, 3.05) is 20.1 Å². The molecule has 1 N–H and O–H groups in total. The minimum Gasteiger partial charge on any atom is -1.00 e. The molecule has 3 nitrogen and oxygen atoms in total. The van der Waals surface area contributed by atoms with Crippen LogP contribution in [0.25, 0.3) is 0 Å². The maximum Gasteiger partial charge on any atom is 0.339 e. The highest BCUT2D eigenvalue weighted by molar-refractivity contribution is 5.88. The molecule has 0 spiro atoms. The summed E-state index contributed by atoms with van der Waals surface area (Å²) in [5, 5.41) is 0. The van der Waals surface area contributed by atoms with Gasteiger partial charge in [0.2, 0.25) is 0 Å². The highest BCUT2D eigenvalue weighted by atomic mass is 127. The summed E-state index contributed by atoms with van der Waals surface area (Å²) in [5.41, 5.74) is 1.84. The van der Waals surface area contributed by atoms with Crippen LogP contribution in [0.15, 0.2) is 42.0 Å². The third-order valence-corrected chi connectivity index (χ3v) is 2.93. The second-order valence-corrected chi connectivity index (χ2v) is 4.46. The molecule has 4 heteroatoms. The Morgan fingerprint density at radius 1 is 1.33 bits per heavy atom. The first kappa shape index (κ1) is 15.2. The number of esters is 1. The molecule has 1 aliphatic heterocycles. The first-order chi connectivity index (χ1) is 8.25. The largest absolute Gasteiger partial charge is 1.00 e. The molecule has 1 heterocycles. The van der Waals surface area contributed by atoms with E-state index in [0.717, 1.165) is 30.6 Å². The molecule has 1 atom stereocenters. The molecule has 1 unspecified atom stereocenters. The van der Waals surface area contributed by atoms with E-state index >= 15 is 0 Å². The molecule has 0 fully saturated rings. The van der Waals surface area contributed by atoms with Gasteiger partial charge in [0.1, 0.15) is 13.2 Å². The number of rotatable bonds is 3. The van der Waals surface area contributed by atoms with Gasteiger partial charge < -0.3 is 33.6 Å². The summed E-state index contributed by atoms with van der Waals surface area (Å²) < 4.78 is 5.30. The third kappa shape index (κ3) is 4.42. The minimum atomic E-state index is -0.173. The highest BCUT2D eigenvalue weighted by Gasteiger charge is 2.19. The van der Waals surface area contributed by atoms with Gasteiger partial charge in [-0.2, -0.15) is 0 Å². The fourth-order valence-corrected chi connectivity index (χ4v) is 1.95. The van der Waals surface area contributed by atoms with Crippen LogP contribution < -0.4 is 28.9 Å². The summed E-state index contributed by atoms with van der Waals surface area (Å²) in [4.78, 5) is 13.2. The molecule has 0 amide bonds. The lowest BCUT2D eigenvalue weighted by atomic mass is 10.1. The van der Waals surface area contributed by atoms with Gasteiger partial charge in [-0.25, -0.2) is 4.79 Å². The van der Waals surface area contributed by atoms with Crippen LogP contribution in [0.3, 0.4) is 0 Å². The van der Waals surface area contributed by atoms with Crippen molar-refractivity contribution in [2.24, 2.45) is 0 Å². The fourth-order valence-electron chi connectivity index (χ4n) is 1.95. The van der Waals surface area contributed by atoms with Crippen molar-refractivity contribution in [3.8, 4) is 0 Å². The van der Waals surface area contributed by atoms with Crippen LogP contribution in [0.1, 0.15) is 12.0 Å². The van der Waals surface area contributed by atoms with E-state index in [1.165, 1.54) is 4.90 Å². The van der Waals surface area contributed by atoms with Gasteiger partial charge in [-0.3, -0.25) is 0 Å². The lowest BCUT2D eigenvalue weighted by Crippen LogP contribution is -3.09. The molecular weight excluding hydrogens is 341 g/mol. The summed E-state index contributed by atoms with van der Waals surface area (Å²) in [6.45, 7) is 2.22. The molecule has 0 aromatic heterocycles. The molecular formula is C14H18INO2. The number of ether oxygens (including phenoxy) is 1. The maximum atomic E-state index is 11.8. The molecule has 1 aromatic rings. The smallest absolute Gasteiger partial charge is 0.339 e. The number of halogens is 1. The van der Waals surface area contributed by atoms with Crippen molar-refractivity contribution < 1.29 is 38.4 Å². The predicted molar refractivity (Wildman–Crippen MR) is 65.6 cm³/mol. The average Bonchev–Trinajstić information content (AvgIpc) is 2.37. The zero-order valence-electron chi connectivity index (χ0n) is 10.5. The lowest BCUT2D eigenvalue weighted by Gasteiger charge is -2.19. The van der Waals surface area contributed by atoms with Crippen molar-refractivity contribution in [1.29, 1.82) is 0 Å². The molecule has 0 bridgehead atoms. The quantitative estimate of drug-likeness (QED) is 0.481. The van der Waals surface area contributed by atoms with Gasteiger partial charge >= 0.3 is 5.97 Å². The number of benzene rings is 1. The zero-order chi connectivity index (χ0) is 12.1. The summed E-state index contributed by atoms with van der Waals surface area (Å²) >= 11 is 0. The van der Waals surface area contributed by atoms with E-state index in [1.54, 1.807) is 0 Å². The Hall–Kier alpha value is -0.880. The zero-order valence-corrected chi connectivity index (χ0v) is 12.6. The Morgan fingerprint density at radius 3 is 2.72 bits per heavy atom. The van der Waals surface area contributed by atoms with Crippen LogP contribution in [0.4, 0.5) is 0 Å². The van der Waals surface area contributed by atoms with Crippen LogP contribution in [-0.4, -0.2) is 26.1 Å². The highest BCUT2D eigenvalue weighted by Crippen LogP contribution is 2.05. The first-order valence-electron chi connectivity index (χ1n) is 5.97. The van der Waals surface area contributed by atoms with E-state index in [4.69, 9.17) is 4.74 Å². The third-order valence-electron chi connectivity index (χ3n) is 2.93. The van der Waals surface area contributed by atoms with Gasteiger partial charge in [0.25, 0.3) is 0 Å². The number of hydrogen-bond donors (Lipinski definition) is 1. The summed E-state index contributed by atoms with van der Waals surface area (Å²) in [5.74, 6) is -0.173. The van der Waals surface area contributed by atoms with Gasteiger partial charge in [0.05, 0.1) is 19.2 Å². The van der Waals surface area contributed by atoms with Crippen LogP contribution in [0.2, 0.25) is 0 Å². The molecule has 2 rings (SSSR count). The van der Waals surface area contributed by atoms with E-state index in [-0.39, 0.29) is 29.9 Å². The summed E-state index contributed by atoms with van der Waals surface area (Å²) in [7, 11) is 2.09. The van der Waals surface area contributed by atoms with Gasteiger partial charge in [-0.15, -0.1) is 0 Å². The molecule has 1 aliphatic rings. The van der Waals surface area contributed by atoms with E-state index in [2.05, 4.69) is 7.05 Å². The fraction of sp³-hybridized carbons (Fsp3) is 0.357. The molecule has 18 heavy (non-hydrogen) atoms. The van der Waals surface area contributed by atoms with Crippen LogP contribution >= 0.6 is 0 Å². The Bertz CT molecular complexity index is 417. The van der Waals surface area contributed by atoms with Crippen LogP contribution in [0.5, 0.6) is 0 Å². The van der Waals surface area contributed by atoms with Gasteiger partial charge in [-0.1, -0.05) is 36.4 Å². The van der Waals surface area contributed by atoms with E-state index in [9.17, 15) is 4.79 Å². The number of nitrogens with one attached hydrogen (secondary N) is 1. The van der Waals surface area contributed by atoms with Crippen molar-refractivity contribution in [1.82, 2.24) is 0 Å². The number of hydrogen-bond acceptors (Lipinski definition) is 2. The number of likely N-dealkylation sites (N-methyl/N-ethyl adjacent to an activating group) is 1. The molecule has 0 saturated carbocycles. The van der Waals surface area contributed by atoms with Gasteiger partial charge in [-0.05, 0) is 5.56 Å². The van der Waals surface area contributed by atoms with E-state index in [1.807, 2.05) is 36.4 Å². The average molecular weight is 359 g/mol. The first-order valence-corrected chi connectivity index (χ1v) is 5.97. The Balaban J connectivity index is 0.00000162. The Morgan fingerprint density at radius 2 is 2.06 bits per heavy atom. The summed E-state index contributed by atoms with van der Waals surface area (Å²) in [6, 6.07) is 9.76.